The third kappa shape index (κ3) is 3.81. The maximum absolute atomic E-state index is 11.8. The Morgan fingerprint density at radius 3 is 2.62 bits per heavy atom. The van der Waals surface area contributed by atoms with Crippen molar-refractivity contribution in [1.82, 2.24) is 10.6 Å². The molecule has 0 bridgehead atoms. The zero-order valence-electron chi connectivity index (χ0n) is 10.3. The molecular formula is C11H20N2O3. The van der Waals surface area contributed by atoms with Gasteiger partial charge >= 0.3 is 5.97 Å². The summed E-state index contributed by atoms with van der Waals surface area (Å²) in [5, 5.41) is 5.70. The van der Waals surface area contributed by atoms with Gasteiger partial charge in [0.1, 0.15) is 11.6 Å². The van der Waals surface area contributed by atoms with Crippen LogP contribution in [0.3, 0.4) is 0 Å². The fraction of sp³-hybridized carbons (Fsp3) is 0.818. The highest BCUT2D eigenvalue weighted by Crippen LogP contribution is 2.10. The monoisotopic (exact) mass is 228 g/mol. The molecule has 1 heterocycles. The summed E-state index contributed by atoms with van der Waals surface area (Å²) in [4.78, 5) is 23.3. The third-order valence-electron chi connectivity index (χ3n) is 2.28. The molecule has 0 aliphatic carbocycles. The number of hydrogen-bond acceptors (Lipinski definition) is 4. The third-order valence-corrected chi connectivity index (χ3v) is 2.28. The van der Waals surface area contributed by atoms with Gasteiger partial charge in [-0.3, -0.25) is 4.79 Å². The second-order valence-electron chi connectivity index (χ2n) is 5.06. The lowest BCUT2D eigenvalue weighted by molar-refractivity contribution is -0.158. The molecule has 1 aliphatic rings. The van der Waals surface area contributed by atoms with Crippen LogP contribution in [0.1, 0.15) is 34.1 Å². The summed E-state index contributed by atoms with van der Waals surface area (Å²) in [5.74, 6) is -0.523. The standard InChI is InChI=1S/C11H20N2O3/c1-7-9(14)13-8(5-6-12-7)10(15)16-11(2,3)4/h7-8,12H,5-6H2,1-4H3,(H,13,14)/t7-,8-/m0/s1. The maximum Gasteiger partial charge on any atom is 0.329 e. The lowest BCUT2D eigenvalue weighted by atomic mass is 10.1. The van der Waals surface area contributed by atoms with Gasteiger partial charge in [0.2, 0.25) is 5.91 Å². The summed E-state index contributed by atoms with van der Waals surface area (Å²) in [6, 6.07) is -0.795. The first-order valence-electron chi connectivity index (χ1n) is 5.56. The van der Waals surface area contributed by atoms with Gasteiger partial charge < -0.3 is 15.4 Å². The normalized spacial score (nSPS) is 26.9. The Hall–Kier alpha value is -1.10. The summed E-state index contributed by atoms with van der Waals surface area (Å²) in [7, 11) is 0. The van der Waals surface area contributed by atoms with Gasteiger partial charge in [-0.2, -0.15) is 0 Å². The molecule has 0 aromatic carbocycles. The first-order valence-corrected chi connectivity index (χ1v) is 5.56. The van der Waals surface area contributed by atoms with Crippen molar-refractivity contribution in [3.8, 4) is 0 Å². The first-order chi connectivity index (χ1) is 7.29. The molecule has 2 atom stereocenters. The van der Waals surface area contributed by atoms with E-state index in [0.29, 0.717) is 13.0 Å². The van der Waals surface area contributed by atoms with E-state index >= 15 is 0 Å². The van der Waals surface area contributed by atoms with Gasteiger partial charge in [0.05, 0.1) is 6.04 Å². The predicted molar refractivity (Wildman–Crippen MR) is 59.9 cm³/mol. The Morgan fingerprint density at radius 1 is 1.44 bits per heavy atom. The van der Waals surface area contributed by atoms with Gasteiger partial charge in [-0.15, -0.1) is 0 Å². The molecule has 1 saturated heterocycles. The van der Waals surface area contributed by atoms with E-state index in [0.717, 1.165) is 0 Å². The van der Waals surface area contributed by atoms with Crippen LogP contribution in [-0.2, 0) is 14.3 Å². The number of hydrogen-bond donors (Lipinski definition) is 2. The average molecular weight is 228 g/mol. The molecular weight excluding hydrogens is 208 g/mol. The van der Waals surface area contributed by atoms with Crippen molar-refractivity contribution in [2.24, 2.45) is 0 Å². The van der Waals surface area contributed by atoms with Crippen molar-refractivity contribution in [1.29, 1.82) is 0 Å². The van der Waals surface area contributed by atoms with Gasteiger partial charge in [-0.1, -0.05) is 0 Å². The fourth-order valence-corrected chi connectivity index (χ4v) is 1.46. The number of carbonyl (C=O) groups excluding carboxylic acids is 2. The van der Waals surface area contributed by atoms with Gasteiger partial charge in [-0.05, 0) is 40.7 Å². The number of amides is 1. The largest absolute Gasteiger partial charge is 0.458 e. The molecule has 1 amide bonds. The maximum atomic E-state index is 11.8. The second kappa shape index (κ2) is 4.82. The zero-order valence-corrected chi connectivity index (χ0v) is 10.3. The first kappa shape index (κ1) is 13.0. The number of esters is 1. The molecule has 16 heavy (non-hydrogen) atoms. The molecule has 0 spiro atoms. The molecule has 2 N–H and O–H groups in total. The van der Waals surface area contributed by atoms with Gasteiger partial charge in [0.15, 0.2) is 0 Å². The lowest BCUT2D eigenvalue weighted by Crippen LogP contribution is -2.46. The van der Waals surface area contributed by atoms with Gasteiger partial charge in [0, 0.05) is 0 Å². The highest BCUT2D eigenvalue weighted by molar-refractivity contribution is 5.87. The lowest BCUT2D eigenvalue weighted by Gasteiger charge is -2.23. The van der Waals surface area contributed by atoms with Crippen molar-refractivity contribution in [3.63, 3.8) is 0 Å². The van der Waals surface area contributed by atoms with Gasteiger partial charge in [-0.25, -0.2) is 4.79 Å². The van der Waals surface area contributed by atoms with E-state index in [9.17, 15) is 9.59 Å². The molecule has 0 radical (unpaired) electrons. The van der Waals surface area contributed by atoms with E-state index in [1.807, 2.05) is 20.8 Å². The van der Waals surface area contributed by atoms with Crippen LogP contribution in [-0.4, -0.2) is 36.1 Å². The Bertz CT molecular complexity index is 283. The summed E-state index contributed by atoms with van der Waals surface area (Å²) in [6.45, 7) is 7.83. The van der Waals surface area contributed by atoms with Crippen molar-refractivity contribution < 1.29 is 14.3 Å². The van der Waals surface area contributed by atoms with E-state index in [1.165, 1.54) is 0 Å². The van der Waals surface area contributed by atoms with E-state index in [4.69, 9.17) is 4.74 Å². The molecule has 1 rings (SSSR count). The van der Waals surface area contributed by atoms with Crippen LogP contribution in [0, 0.1) is 0 Å². The molecule has 92 valence electrons. The molecule has 5 nitrogen and oxygen atoms in total. The number of ether oxygens (including phenoxy) is 1. The van der Waals surface area contributed by atoms with Crippen molar-refractivity contribution in [2.75, 3.05) is 6.54 Å². The molecule has 0 aromatic heterocycles. The minimum Gasteiger partial charge on any atom is -0.458 e. The number of rotatable bonds is 1. The Labute approximate surface area is 95.9 Å². The van der Waals surface area contributed by atoms with Crippen molar-refractivity contribution >= 4 is 11.9 Å². The molecule has 1 aliphatic heterocycles. The van der Waals surface area contributed by atoms with Crippen molar-refractivity contribution in [2.45, 2.75) is 51.8 Å². The minimum atomic E-state index is -0.538. The van der Waals surface area contributed by atoms with Crippen LogP contribution in [0.4, 0.5) is 0 Å². The van der Waals surface area contributed by atoms with E-state index in [-0.39, 0.29) is 17.9 Å². The van der Waals surface area contributed by atoms with Crippen LogP contribution in [0.15, 0.2) is 0 Å². The fourth-order valence-electron chi connectivity index (χ4n) is 1.46. The highest BCUT2D eigenvalue weighted by Gasteiger charge is 2.29. The van der Waals surface area contributed by atoms with E-state index < -0.39 is 11.6 Å². The summed E-state index contributed by atoms with van der Waals surface area (Å²) in [6.07, 6.45) is 0.561. The Morgan fingerprint density at radius 2 is 2.06 bits per heavy atom. The molecule has 0 aromatic rings. The number of carbonyl (C=O) groups is 2. The minimum absolute atomic E-state index is 0.159. The van der Waals surface area contributed by atoms with Crippen LogP contribution in [0.5, 0.6) is 0 Å². The van der Waals surface area contributed by atoms with Crippen LogP contribution in [0.25, 0.3) is 0 Å². The number of nitrogens with one attached hydrogen (secondary N) is 2. The smallest absolute Gasteiger partial charge is 0.329 e. The summed E-state index contributed by atoms with van der Waals surface area (Å²) < 4.78 is 5.23. The average Bonchev–Trinajstić information content (AvgIpc) is 2.27. The molecule has 5 heteroatoms. The molecule has 1 fully saturated rings. The summed E-state index contributed by atoms with van der Waals surface area (Å²) in [5.41, 5.74) is -0.521. The zero-order chi connectivity index (χ0) is 12.3. The second-order valence-corrected chi connectivity index (χ2v) is 5.06. The quantitative estimate of drug-likeness (QED) is 0.629. The SMILES string of the molecule is C[C@@H]1NCC[C@@H](C(=O)OC(C)(C)C)NC1=O. The predicted octanol–water partition coefficient (Wildman–Crippen LogP) is 0.195. The summed E-state index contributed by atoms with van der Waals surface area (Å²) >= 11 is 0. The van der Waals surface area contributed by atoms with Crippen LogP contribution >= 0.6 is 0 Å². The van der Waals surface area contributed by atoms with Crippen LogP contribution < -0.4 is 10.6 Å². The van der Waals surface area contributed by atoms with Crippen molar-refractivity contribution in [3.05, 3.63) is 0 Å². The van der Waals surface area contributed by atoms with Gasteiger partial charge in [0.25, 0.3) is 0 Å². The van der Waals surface area contributed by atoms with Crippen LogP contribution in [0.2, 0.25) is 0 Å². The Kier molecular flexibility index (Phi) is 3.91. The highest BCUT2D eigenvalue weighted by atomic mass is 16.6. The topological polar surface area (TPSA) is 67.4 Å². The van der Waals surface area contributed by atoms with E-state index in [1.54, 1.807) is 6.92 Å². The Balaban J connectivity index is 2.59. The van der Waals surface area contributed by atoms with E-state index in [2.05, 4.69) is 10.6 Å². The molecule has 0 unspecified atom stereocenters. The molecule has 0 saturated carbocycles.